The average Bonchev–Trinajstić information content (AvgIpc) is 2.25. The molecule has 18 heavy (non-hydrogen) atoms. The molecule has 0 radical (unpaired) electrons. The Morgan fingerprint density at radius 1 is 0.611 bits per heavy atom. The number of hydrogen-bond acceptors (Lipinski definition) is 0. The van der Waals surface area contributed by atoms with E-state index in [1.54, 1.807) is 0 Å². The molecule has 0 fully saturated rings. The zero-order valence-electron chi connectivity index (χ0n) is 12.5. The highest BCUT2D eigenvalue weighted by Crippen LogP contribution is 2.36. The number of benzene rings is 2. The second-order valence-corrected chi connectivity index (χ2v) is 7.24. The summed E-state index contributed by atoms with van der Waals surface area (Å²) >= 11 is 0. The van der Waals surface area contributed by atoms with Gasteiger partial charge in [0, 0.05) is 0 Å². The number of rotatable bonds is 0. The lowest BCUT2D eigenvalue weighted by Crippen LogP contribution is -2.21. The molecule has 0 atom stereocenters. The van der Waals surface area contributed by atoms with Crippen LogP contribution in [0.1, 0.15) is 52.7 Å². The molecule has 0 heteroatoms. The van der Waals surface area contributed by atoms with Gasteiger partial charge >= 0.3 is 0 Å². The Hall–Kier alpha value is -1.30. The maximum atomic E-state index is 2.37. The van der Waals surface area contributed by atoms with E-state index < -0.39 is 0 Å². The Balaban J connectivity index is 2.81. The van der Waals surface area contributed by atoms with Crippen LogP contribution >= 0.6 is 0 Å². The van der Waals surface area contributed by atoms with Gasteiger partial charge in [0.2, 0.25) is 0 Å². The van der Waals surface area contributed by atoms with E-state index in [0.717, 1.165) is 0 Å². The molecular formula is C18H24. The van der Waals surface area contributed by atoms with Crippen molar-refractivity contribution in [2.24, 2.45) is 0 Å². The van der Waals surface area contributed by atoms with Gasteiger partial charge in [0.15, 0.2) is 0 Å². The maximum Gasteiger partial charge on any atom is -0.0129 e. The molecule has 0 spiro atoms. The summed E-state index contributed by atoms with van der Waals surface area (Å²) in [6, 6.07) is 13.4. The fraction of sp³-hybridized carbons (Fsp3) is 0.444. The first-order valence-corrected chi connectivity index (χ1v) is 6.73. The molecule has 0 amide bonds. The molecular weight excluding hydrogens is 216 g/mol. The summed E-state index contributed by atoms with van der Waals surface area (Å²) in [4.78, 5) is 0. The summed E-state index contributed by atoms with van der Waals surface area (Å²) in [6.45, 7) is 13.8. The zero-order valence-corrected chi connectivity index (χ0v) is 12.5. The molecule has 0 N–H and O–H groups in total. The van der Waals surface area contributed by atoms with Crippen molar-refractivity contribution in [1.29, 1.82) is 0 Å². The predicted octanol–water partition coefficient (Wildman–Crippen LogP) is 5.43. The fourth-order valence-electron chi connectivity index (χ4n) is 2.48. The lowest BCUT2D eigenvalue weighted by molar-refractivity contribution is 0.531. The van der Waals surface area contributed by atoms with Crippen LogP contribution in [0, 0.1) is 0 Å². The van der Waals surface area contributed by atoms with Gasteiger partial charge in [0.1, 0.15) is 0 Å². The van der Waals surface area contributed by atoms with Crippen molar-refractivity contribution in [1.82, 2.24) is 0 Å². The van der Waals surface area contributed by atoms with E-state index >= 15 is 0 Å². The van der Waals surface area contributed by atoms with Gasteiger partial charge in [0.25, 0.3) is 0 Å². The van der Waals surface area contributed by atoms with E-state index in [4.69, 9.17) is 0 Å². The van der Waals surface area contributed by atoms with E-state index in [1.807, 2.05) is 0 Å². The molecule has 0 nitrogen and oxygen atoms in total. The summed E-state index contributed by atoms with van der Waals surface area (Å²) in [7, 11) is 0. The Morgan fingerprint density at radius 2 is 0.944 bits per heavy atom. The summed E-state index contributed by atoms with van der Waals surface area (Å²) in [5.74, 6) is 0. The monoisotopic (exact) mass is 240 g/mol. The third-order valence-corrected chi connectivity index (χ3v) is 3.50. The van der Waals surface area contributed by atoms with Crippen LogP contribution in [0.3, 0.4) is 0 Å². The molecule has 0 aliphatic heterocycles. The Kier molecular flexibility index (Phi) is 3.01. The van der Waals surface area contributed by atoms with Crippen LogP contribution in [0.4, 0.5) is 0 Å². The molecule has 0 aromatic heterocycles. The van der Waals surface area contributed by atoms with Crippen LogP contribution in [-0.2, 0) is 10.8 Å². The molecule has 0 aliphatic carbocycles. The van der Waals surface area contributed by atoms with Crippen LogP contribution in [0.5, 0.6) is 0 Å². The van der Waals surface area contributed by atoms with Crippen LogP contribution in [-0.4, -0.2) is 0 Å². The lowest BCUT2D eigenvalue weighted by Gasteiger charge is -2.30. The van der Waals surface area contributed by atoms with E-state index in [0.29, 0.717) is 0 Å². The standard InChI is InChI=1S/C18H24/c1-17(2,3)15-11-13-9-7-8-10-14(13)12-16(15)18(4,5)6/h7-12H,1-6H3. The van der Waals surface area contributed by atoms with Gasteiger partial charge in [-0.3, -0.25) is 0 Å². The molecule has 0 saturated carbocycles. The van der Waals surface area contributed by atoms with Gasteiger partial charge in [0.05, 0.1) is 0 Å². The summed E-state index contributed by atoms with van der Waals surface area (Å²) in [6.07, 6.45) is 0. The van der Waals surface area contributed by atoms with E-state index in [1.165, 1.54) is 21.9 Å². The van der Waals surface area contributed by atoms with Crippen molar-refractivity contribution in [3.8, 4) is 0 Å². The molecule has 0 bridgehead atoms. The van der Waals surface area contributed by atoms with Crippen LogP contribution in [0.15, 0.2) is 36.4 Å². The largest absolute Gasteiger partial charge is 0.0616 e. The quantitative estimate of drug-likeness (QED) is 0.575. The van der Waals surface area contributed by atoms with E-state index in [9.17, 15) is 0 Å². The lowest BCUT2D eigenvalue weighted by atomic mass is 9.74. The number of fused-ring (bicyclic) bond motifs is 1. The Bertz CT molecular complexity index is 510. The van der Waals surface area contributed by atoms with Crippen molar-refractivity contribution >= 4 is 10.8 Å². The molecule has 0 heterocycles. The predicted molar refractivity (Wildman–Crippen MR) is 81.3 cm³/mol. The minimum Gasteiger partial charge on any atom is -0.0616 e. The second-order valence-electron chi connectivity index (χ2n) is 7.24. The minimum atomic E-state index is 0.187. The molecule has 96 valence electrons. The molecule has 0 unspecified atom stereocenters. The summed E-state index contributed by atoms with van der Waals surface area (Å²) < 4.78 is 0. The van der Waals surface area contributed by atoms with Crippen molar-refractivity contribution in [3.05, 3.63) is 47.5 Å². The zero-order chi connectivity index (χ0) is 13.6. The molecule has 2 aromatic carbocycles. The Morgan fingerprint density at radius 3 is 1.22 bits per heavy atom. The smallest absolute Gasteiger partial charge is 0.0129 e. The van der Waals surface area contributed by atoms with E-state index in [-0.39, 0.29) is 10.8 Å². The van der Waals surface area contributed by atoms with Crippen molar-refractivity contribution in [2.75, 3.05) is 0 Å². The SMILES string of the molecule is CC(C)(C)c1cc2ccccc2cc1C(C)(C)C. The third-order valence-electron chi connectivity index (χ3n) is 3.50. The first-order chi connectivity index (χ1) is 8.19. The first kappa shape index (κ1) is 13.1. The minimum absolute atomic E-state index is 0.187. The maximum absolute atomic E-state index is 2.37. The van der Waals surface area contributed by atoms with Crippen molar-refractivity contribution in [2.45, 2.75) is 52.4 Å². The normalized spacial score (nSPS) is 13.0. The van der Waals surface area contributed by atoms with Gasteiger partial charge in [-0.1, -0.05) is 77.9 Å². The van der Waals surface area contributed by atoms with Gasteiger partial charge in [-0.15, -0.1) is 0 Å². The third kappa shape index (κ3) is 2.43. The van der Waals surface area contributed by atoms with Gasteiger partial charge in [-0.25, -0.2) is 0 Å². The van der Waals surface area contributed by atoms with Crippen LogP contribution in [0.2, 0.25) is 0 Å². The first-order valence-electron chi connectivity index (χ1n) is 6.73. The highest BCUT2D eigenvalue weighted by Gasteiger charge is 2.25. The van der Waals surface area contributed by atoms with E-state index in [2.05, 4.69) is 77.9 Å². The molecule has 2 rings (SSSR count). The molecule has 2 aromatic rings. The molecule has 0 saturated heterocycles. The van der Waals surface area contributed by atoms with Gasteiger partial charge < -0.3 is 0 Å². The average molecular weight is 240 g/mol. The second kappa shape index (κ2) is 4.12. The van der Waals surface area contributed by atoms with Crippen molar-refractivity contribution in [3.63, 3.8) is 0 Å². The Labute approximate surface area is 111 Å². The van der Waals surface area contributed by atoms with Gasteiger partial charge in [-0.05, 0) is 32.7 Å². The molecule has 0 aliphatic rings. The summed E-state index contributed by atoms with van der Waals surface area (Å²) in [5, 5.41) is 2.69. The van der Waals surface area contributed by atoms with Gasteiger partial charge in [-0.2, -0.15) is 0 Å². The summed E-state index contributed by atoms with van der Waals surface area (Å²) in [5.41, 5.74) is 3.31. The van der Waals surface area contributed by atoms with Crippen molar-refractivity contribution < 1.29 is 0 Å². The highest BCUT2D eigenvalue weighted by atomic mass is 14.3. The number of hydrogen-bond donors (Lipinski definition) is 0. The fourth-order valence-corrected chi connectivity index (χ4v) is 2.48. The topological polar surface area (TPSA) is 0 Å². The van der Waals surface area contributed by atoms with Crippen LogP contribution < -0.4 is 0 Å². The highest BCUT2D eigenvalue weighted by molar-refractivity contribution is 5.84. The van der Waals surface area contributed by atoms with Crippen LogP contribution in [0.25, 0.3) is 10.8 Å².